The molecule has 0 aliphatic rings. The molecular formula is C10H8F2N2O2. The lowest BCUT2D eigenvalue weighted by Crippen LogP contribution is -2.07. The van der Waals surface area contributed by atoms with E-state index in [-0.39, 0.29) is 23.4 Å². The van der Waals surface area contributed by atoms with Crippen molar-refractivity contribution in [2.24, 2.45) is 0 Å². The quantitative estimate of drug-likeness (QED) is 0.853. The number of aromatic nitrogens is 1. The molecule has 16 heavy (non-hydrogen) atoms. The number of aliphatic carboxylic acids is 1. The van der Waals surface area contributed by atoms with E-state index in [1.165, 1.54) is 6.92 Å². The van der Waals surface area contributed by atoms with Crippen molar-refractivity contribution >= 4 is 5.97 Å². The maximum atomic E-state index is 12.6. The molecule has 1 rings (SSSR count). The predicted molar refractivity (Wildman–Crippen MR) is 50.0 cm³/mol. The molecule has 0 fully saturated rings. The molecule has 84 valence electrons. The Balaban J connectivity index is 3.28. The maximum Gasteiger partial charge on any atom is 0.309 e. The van der Waals surface area contributed by atoms with Gasteiger partial charge in [-0.3, -0.25) is 9.78 Å². The summed E-state index contributed by atoms with van der Waals surface area (Å²) in [6.45, 7) is 1.33. The SMILES string of the molecule is Cc1nc(CC(=O)O)cc(C#N)c1C(F)F. The van der Waals surface area contributed by atoms with Crippen molar-refractivity contribution in [3.05, 3.63) is 28.6 Å². The Bertz CT molecular complexity index is 467. The lowest BCUT2D eigenvalue weighted by Gasteiger charge is -2.08. The van der Waals surface area contributed by atoms with E-state index in [4.69, 9.17) is 10.4 Å². The van der Waals surface area contributed by atoms with E-state index in [1.807, 2.05) is 0 Å². The number of aryl methyl sites for hydroxylation is 1. The van der Waals surface area contributed by atoms with Crippen LogP contribution in [0.1, 0.15) is 28.9 Å². The van der Waals surface area contributed by atoms with E-state index in [0.717, 1.165) is 6.07 Å². The number of carboxylic acids is 1. The maximum absolute atomic E-state index is 12.6. The van der Waals surface area contributed by atoms with Crippen LogP contribution >= 0.6 is 0 Å². The third-order valence-corrected chi connectivity index (χ3v) is 1.97. The van der Waals surface area contributed by atoms with Crippen LogP contribution < -0.4 is 0 Å². The van der Waals surface area contributed by atoms with Gasteiger partial charge < -0.3 is 5.11 Å². The molecule has 0 radical (unpaired) electrons. The van der Waals surface area contributed by atoms with E-state index >= 15 is 0 Å². The number of hydrogen-bond donors (Lipinski definition) is 1. The average molecular weight is 226 g/mol. The van der Waals surface area contributed by atoms with Gasteiger partial charge in [0, 0.05) is 5.69 Å². The Morgan fingerprint density at radius 1 is 1.69 bits per heavy atom. The van der Waals surface area contributed by atoms with Crippen LogP contribution in [0.15, 0.2) is 6.07 Å². The van der Waals surface area contributed by atoms with Crippen LogP contribution in [0.3, 0.4) is 0 Å². The third kappa shape index (κ3) is 2.51. The molecular weight excluding hydrogens is 218 g/mol. The Kier molecular flexibility index (Phi) is 3.51. The summed E-state index contributed by atoms with van der Waals surface area (Å²) in [5.74, 6) is -1.12. The zero-order valence-corrected chi connectivity index (χ0v) is 8.37. The number of carboxylic acid groups (broad SMARTS) is 1. The van der Waals surface area contributed by atoms with Gasteiger partial charge in [0.1, 0.15) is 0 Å². The molecule has 0 saturated heterocycles. The Labute approximate surface area is 90.2 Å². The van der Waals surface area contributed by atoms with Crippen LogP contribution in [0.25, 0.3) is 0 Å². The molecule has 0 amide bonds. The van der Waals surface area contributed by atoms with Crippen LogP contribution in [0.2, 0.25) is 0 Å². The molecule has 6 heteroatoms. The molecule has 1 aromatic rings. The van der Waals surface area contributed by atoms with Crippen LogP contribution in [0.4, 0.5) is 8.78 Å². The zero-order valence-electron chi connectivity index (χ0n) is 8.37. The van der Waals surface area contributed by atoms with E-state index in [9.17, 15) is 13.6 Å². The Hall–Kier alpha value is -2.03. The first kappa shape index (κ1) is 12.0. The molecule has 1 heterocycles. The average Bonchev–Trinajstić information content (AvgIpc) is 2.14. The summed E-state index contributed by atoms with van der Waals surface area (Å²) in [5.41, 5.74) is -0.563. The molecule has 0 spiro atoms. The fourth-order valence-corrected chi connectivity index (χ4v) is 1.36. The van der Waals surface area contributed by atoms with Crippen LogP contribution in [0.5, 0.6) is 0 Å². The fourth-order valence-electron chi connectivity index (χ4n) is 1.36. The van der Waals surface area contributed by atoms with Gasteiger partial charge in [0.25, 0.3) is 6.43 Å². The first-order chi connectivity index (χ1) is 7.45. The number of halogens is 2. The monoisotopic (exact) mass is 226 g/mol. The lowest BCUT2D eigenvalue weighted by atomic mass is 10.1. The summed E-state index contributed by atoms with van der Waals surface area (Å²) in [6, 6.07) is 2.70. The van der Waals surface area contributed by atoms with E-state index in [1.54, 1.807) is 6.07 Å². The van der Waals surface area contributed by atoms with Gasteiger partial charge in [-0.15, -0.1) is 0 Å². The van der Waals surface area contributed by atoms with Crippen molar-refractivity contribution in [3.8, 4) is 6.07 Å². The van der Waals surface area contributed by atoms with Gasteiger partial charge in [0.2, 0.25) is 0 Å². The summed E-state index contributed by atoms with van der Waals surface area (Å²) in [5, 5.41) is 17.2. The highest BCUT2D eigenvalue weighted by Gasteiger charge is 2.18. The van der Waals surface area contributed by atoms with Crippen molar-refractivity contribution in [1.82, 2.24) is 4.98 Å². The van der Waals surface area contributed by atoms with Crippen molar-refractivity contribution in [2.75, 3.05) is 0 Å². The van der Waals surface area contributed by atoms with E-state index < -0.39 is 18.0 Å². The Morgan fingerprint density at radius 3 is 2.75 bits per heavy atom. The van der Waals surface area contributed by atoms with Crippen molar-refractivity contribution < 1.29 is 18.7 Å². The molecule has 1 N–H and O–H groups in total. The smallest absolute Gasteiger partial charge is 0.309 e. The van der Waals surface area contributed by atoms with Crippen molar-refractivity contribution in [3.63, 3.8) is 0 Å². The zero-order chi connectivity index (χ0) is 12.3. The summed E-state index contributed by atoms with van der Waals surface area (Å²) in [6.07, 6.45) is -3.18. The number of nitrogens with zero attached hydrogens (tertiary/aromatic N) is 2. The van der Waals surface area contributed by atoms with Gasteiger partial charge in [0.15, 0.2) is 0 Å². The number of rotatable bonds is 3. The van der Waals surface area contributed by atoms with E-state index in [2.05, 4.69) is 4.98 Å². The van der Waals surface area contributed by atoms with Gasteiger partial charge in [-0.2, -0.15) is 5.26 Å². The minimum Gasteiger partial charge on any atom is -0.481 e. The minimum absolute atomic E-state index is 0.00898. The highest BCUT2D eigenvalue weighted by Crippen LogP contribution is 2.25. The second kappa shape index (κ2) is 4.66. The predicted octanol–water partition coefficient (Wildman–Crippen LogP) is 1.83. The summed E-state index contributed by atoms with van der Waals surface area (Å²) in [4.78, 5) is 14.2. The molecule has 0 aliphatic carbocycles. The van der Waals surface area contributed by atoms with Gasteiger partial charge in [-0.25, -0.2) is 8.78 Å². The standard InChI is InChI=1S/C10H8F2N2O2/c1-5-9(10(11)12)6(4-13)2-7(14-5)3-8(15)16/h2,10H,3H2,1H3,(H,15,16). The fraction of sp³-hybridized carbons (Fsp3) is 0.300. The lowest BCUT2D eigenvalue weighted by molar-refractivity contribution is -0.136. The Morgan fingerprint density at radius 2 is 2.31 bits per heavy atom. The number of hydrogen-bond acceptors (Lipinski definition) is 3. The summed E-state index contributed by atoms with van der Waals surface area (Å²) < 4.78 is 25.1. The van der Waals surface area contributed by atoms with Gasteiger partial charge >= 0.3 is 5.97 Å². The molecule has 0 atom stereocenters. The van der Waals surface area contributed by atoms with Gasteiger partial charge in [-0.1, -0.05) is 0 Å². The molecule has 0 unspecified atom stereocenters. The highest BCUT2D eigenvalue weighted by atomic mass is 19.3. The number of alkyl halides is 2. The highest BCUT2D eigenvalue weighted by molar-refractivity contribution is 5.69. The number of pyridine rings is 1. The first-order valence-electron chi connectivity index (χ1n) is 4.36. The van der Waals surface area contributed by atoms with Crippen LogP contribution in [-0.4, -0.2) is 16.1 Å². The van der Waals surface area contributed by atoms with Crippen LogP contribution in [0, 0.1) is 18.3 Å². The molecule has 0 aromatic carbocycles. The normalized spacial score (nSPS) is 10.2. The third-order valence-electron chi connectivity index (χ3n) is 1.97. The first-order valence-corrected chi connectivity index (χ1v) is 4.36. The molecule has 0 bridgehead atoms. The van der Waals surface area contributed by atoms with Crippen molar-refractivity contribution in [1.29, 1.82) is 5.26 Å². The molecule has 0 aliphatic heterocycles. The molecule has 0 saturated carbocycles. The topological polar surface area (TPSA) is 74.0 Å². The molecule has 4 nitrogen and oxygen atoms in total. The van der Waals surface area contributed by atoms with Crippen molar-refractivity contribution in [2.45, 2.75) is 19.8 Å². The summed E-state index contributed by atoms with van der Waals surface area (Å²) >= 11 is 0. The summed E-state index contributed by atoms with van der Waals surface area (Å²) in [7, 11) is 0. The van der Waals surface area contributed by atoms with Crippen LogP contribution in [-0.2, 0) is 11.2 Å². The second-order valence-corrected chi connectivity index (χ2v) is 3.14. The number of nitriles is 1. The second-order valence-electron chi connectivity index (χ2n) is 3.14. The minimum atomic E-state index is -2.79. The number of carbonyl (C=O) groups is 1. The largest absolute Gasteiger partial charge is 0.481 e. The molecule has 1 aromatic heterocycles. The van der Waals surface area contributed by atoms with Gasteiger partial charge in [-0.05, 0) is 13.0 Å². The van der Waals surface area contributed by atoms with Gasteiger partial charge in [0.05, 0.1) is 29.3 Å². The van der Waals surface area contributed by atoms with E-state index in [0.29, 0.717) is 0 Å².